The Kier molecular flexibility index (Phi) is 6.50. The van der Waals surface area contributed by atoms with Gasteiger partial charge in [0.2, 0.25) is 11.8 Å². The van der Waals surface area contributed by atoms with Crippen LogP contribution in [0, 0.1) is 5.92 Å². The maximum Gasteiger partial charge on any atom is 0.247 e. The summed E-state index contributed by atoms with van der Waals surface area (Å²) in [5.41, 5.74) is 1.60. The molecule has 0 radical (unpaired) electrons. The molecule has 0 aliphatic rings. The van der Waals surface area contributed by atoms with E-state index in [-0.39, 0.29) is 24.2 Å². The lowest BCUT2D eigenvalue weighted by Crippen LogP contribution is -2.47. The zero-order valence-corrected chi connectivity index (χ0v) is 16.9. The zero-order chi connectivity index (χ0) is 20.8. The number of carbonyl (C=O) groups excluding carboxylic acids is 2. The number of amides is 2. The highest BCUT2D eigenvalue weighted by molar-refractivity contribution is 5.98. The van der Waals surface area contributed by atoms with Gasteiger partial charge in [0.1, 0.15) is 11.8 Å². The summed E-state index contributed by atoms with van der Waals surface area (Å²) in [6, 6.07) is 20.4. The van der Waals surface area contributed by atoms with E-state index < -0.39 is 6.04 Å². The van der Waals surface area contributed by atoms with Crippen LogP contribution in [0.4, 0.5) is 5.69 Å². The van der Waals surface area contributed by atoms with Gasteiger partial charge in [-0.2, -0.15) is 0 Å². The van der Waals surface area contributed by atoms with E-state index in [4.69, 9.17) is 4.74 Å². The van der Waals surface area contributed by atoms with Crippen molar-refractivity contribution in [2.45, 2.75) is 26.3 Å². The van der Waals surface area contributed by atoms with Gasteiger partial charge in [-0.1, -0.05) is 56.3 Å². The molecular formula is C24H26N2O3. The Morgan fingerprint density at radius 2 is 1.62 bits per heavy atom. The van der Waals surface area contributed by atoms with E-state index in [1.165, 1.54) is 0 Å². The molecular weight excluding hydrogens is 364 g/mol. The van der Waals surface area contributed by atoms with E-state index >= 15 is 0 Å². The summed E-state index contributed by atoms with van der Waals surface area (Å²) in [5, 5.41) is 7.90. The smallest absolute Gasteiger partial charge is 0.247 e. The molecule has 0 heterocycles. The topological polar surface area (TPSA) is 67.4 Å². The van der Waals surface area contributed by atoms with E-state index in [1.54, 1.807) is 31.4 Å². The average molecular weight is 390 g/mol. The van der Waals surface area contributed by atoms with Gasteiger partial charge in [0.25, 0.3) is 0 Å². The fourth-order valence-electron chi connectivity index (χ4n) is 3.27. The van der Waals surface area contributed by atoms with Crippen molar-refractivity contribution in [3.05, 3.63) is 72.3 Å². The number of nitrogens with one attached hydrogen (secondary N) is 2. The normalized spacial score (nSPS) is 11.9. The molecule has 0 fully saturated rings. The minimum absolute atomic E-state index is 0.0512. The van der Waals surface area contributed by atoms with Crippen molar-refractivity contribution in [2.75, 3.05) is 12.4 Å². The van der Waals surface area contributed by atoms with Crippen LogP contribution in [0.25, 0.3) is 10.8 Å². The van der Waals surface area contributed by atoms with Gasteiger partial charge in [0.05, 0.1) is 13.5 Å². The molecule has 29 heavy (non-hydrogen) atoms. The van der Waals surface area contributed by atoms with Crippen molar-refractivity contribution in [3.63, 3.8) is 0 Å². The number of fused-ring (bicyclic) bond motifs is 1. The van der Waals surface area contributed by atoms with E-state index in [1.807, 2.05) is 56.3 Å². The van der Waals surface area contributed by atoms with Crippen LogP contribution in [0.2, 0.25) is 0 Å². The van der Waals surface area contributed by atoms with Crippen LogP contribution >= 0.6 is 0 Å². The molecule has 3 aromatic carbocycles. The summed E-state index contributed by atoms with van der Waals surface area (Å²) in [7, 11) is 1.59. The van der Waals surface area contributed by atoms with Crippen molar-refractivity contribution >= 4 is 28.3 Å². The van der Waals surface area contributed by atoms with E-state index in [0.717, 1.165) is 16.3 Å². The van der Waals surface area contributed by atoms with Crippen LogP contribution in [0.15, 0.2) is 66.7 Å². The van der Waals surface area contributed by atoms with Crippen LogP contribution in [-0.2, 0) is 16.0 Å². The first kappa shape index (κ1) is 20.4. The lowest BCUT2D eigenvalue weighted by atomic mass is 10.00. The Hall–Kier alpha value is -3.34. The predicted octanol–water partition coefficient (Wildman–Crippen LogP) is 4.17. The maximum atomic E-state index is 12.8. The van der Waals surface area contributed by atoms with Crippen LogP contribution < -0.4 is 15.4 Å². The monoisotopic (exact) mass is 390 g/mol. The summed E-state index contributed by atoms with van der Waals surface area (Å²) in [6.07, 6.45) is 0.223. The first-order valence-corrected chi connectivity index (χ1v) is 9.69. The molecule has 5 nitrogen and oxygen atoms in total. The second kappa shape index (κ2) is 9.24. The lowest BCUT2D eigenvalue weighted by Gasteiger charge is -2.22. The van der Waals surface area contributed by atoms with Gasteiger partial charge in [0.15, 0.2) is 0 Å². The number of benzene rings is 3. The van der Waals surface area contributed by atoms with E-state index in [2.05, 4.69) is 10.6 Å². The molecule has 0 aliphatic carbocycles. The number of methoxy groups -OCH3 is 1. The number of ether oxygens (including phenoxy) is 1. The molecule has 150 valence electrons. The van der Waals surface area contributed by atoms with Gasteiger partial charge in [-0.3, -0.25) is 9.59 Å². The second-order valence-electron chi connectivity index (χ2n) is 7.32. The number of hydrogen-bond donors (Lipinski definition) is 2. The summed E-state index contributed by atoms with van der Waals surface area (Å²) in [6.45, 7) is 3.83. The maximum absolute atomic E-state index is 12.8. The summed E-state index contributed by atoms with van der Waals surface area (Å²) in [4.78, 5) is 25.5. The van der Waals surface area contributed by atoms with Crippen LogP contribution in [-0.4, -0.2) is 25.0 Å². The highest BCUT2D eigenvalue weighted by Gasteiger charge is 2.24. The fourth-order valence-corrected chi connectivity index (χ4v) is 3.27. The number of anilines is 1. The summed E-state index contributed by atoms with van der Waals surface area (Å²) in [5.74, 6) is 0.248. The molecule has 2 amide bonds. The zero-order valence-electron chi connectivity index (χ0n) is 16.9. The molecule has 3 aromatic rings. The van der Waals surface area contributed by atoms with Crippen molar-refractivity contribution in [1.82, 2.24) is 5.32 Å². The van der Waals surface area contributed by atoms with Gasteiger partial charge in [-0.15, -0.1) is 0 Å². The largest absolute Gasteiger partial charge is 0.497 e. The van der Waals surface area contributed by atoms with Crippen LogP contribution in [0.1, 0.15) is 19.4 Å². The van der Waals surface area contributed by atoms with Gasteiger partial charge in [-0.25, -0.2) is 0 Å². The molecule has 0 aliphatic heterocycles. The molecule has 2 N–H and O–H groups in total. The van der Waals surface area contributed by atoms with Gasteiger partial charge < -0.3 is 15.4 Å². The Labute approximate surface area is 171 Å². The SMILES string of the molecule is COc1ccc(NC(=O)[C@@H](NC(=O)Cc2cccc3ccccc23)C(C)C)cc1. The van der Waals surface area contributed by atoms with E-state index in [9.17, 15) is 9.59 Å². The molecule has 3 rings (SSSR count). The third-order valence-electron chi connectivity index (χ3n) is 4.85. The Morgan fingerprint density at radius 3 is 2.31 bits per heavy atom. The number of carbonyl (C=O) groups is 2. The van der Waals surface area contributed by atoms with Crippen molar-refractivity contribution in [1.29, 1.82) is 0 Å². The molecule has 0 unspecified atom stereocenters. The van der Waals surface area contributed by atoms with Gasteiger partial charge >= 0.3 is 0 Å². The summed E-state index contributed by atoms with van der Waals surface area (Å²) >= 11 is 0. The number of rotatable bonds is 7. The quantitative estimate of drug-likeness (QED) is 0.636. The molecule has 0 saturated heterocycles. The first-order valence-electron chi connectivity index (χ1n) is 9.69. The lowest BCUT2D eigenvalue weighted by molar-refractivity contribution is -0.127. The average Bonchev–Trinajstić information content (AvgIpc) is 2.72. The highest BCUT2D eigenvalue weighted by Crippen LogP contribution is 2.19. The van der Waals surface area contributed by atoms with Gasteiger partial charge in [0, 0.05) is 5.69 Å². The van der Waals surface area contributed by atoms with Crippen LogP contribution in [0.3, 0.4) is 0 Å². The highest BCUT2D eigenvalue weighted by atomic mass is 16.5. The van der Waals surface area contributed by atoms with Crippen molar-refractivity contribution in [3.8, 4) is 5.75 Å². The third-order valence-corrected chi connectivity index (χ3v) is 4.85. The molecule has 0 spiro atoms. The molecule has 1 atom stereocenters. The fraction of sp³-hybridized carbons (Fsp3) is 0.250. The molecule has 0 bridgehead atoms. The minimum Gasteiger partial charge on any atom is -0.497 e. The predicted molar refractivity (Wildman–Crippen MR) is 116 cm³/mol. The Balaban J connectivity index is 1.68. The summed E-state index contributed by atoms with van der Waals surface area (Å²) < 4.78 is 5.13. The van der Waals surface area contributed by atoms with Crippen molar-refractivity contribution < 1.29 is 14.3 Å². The Morgan fingerprint density at radius 1 is 0.931 bits per heavy atom. The van der Waals surface area contributed by atoms with E-state index in [0.29, 0.717) is 11.4 Å². The van der Waals surface area contributed by atoms with Gasteiger partial charge in [-0.05, 0) is 46.5 Å². The second-order valence-corrected chi connectivity index (χ2v) is 7.32. The molecule has 5 heteroatoms. The standard InChI is InChI=1S/C24H26N2O3/c1-16(2)23(24(28)25-19-11-13-20(29-3)14-12-19)26-22(27)15-18-9-6-8-17-7-4-5-10-21(17)18/h4-14,16,23H,15H2,1-3H3,(H,25,28)(H,26,27)/t23-/m0/s1. The molecule has 0 saturated carbocycles. The van der Waals surface area contributed by atoms with Crippen LogP contribution in [0.5, 0.6) is 5.75 Å². The Bertz CT molecular complexity index is 991. The third kappa shape index (κ3) is 5.13. The first-order chi connectivity index (χ1) is 14.0. The van der Waals surface area contributed by atoms with Crippen molar-refractivity contribution in [2.24, 2.45) is 5.92 Å². The minimum atomic E-state index is -0.625. The number of hydrogen-bond acceptors (Lipinski definition) is 3. The molecule has 0 aromatic heterocycles.